The molecule has 29 heavy (non-hydrogen) atoms. The highest BCUT2D eigenvalue weighted by molar-refractivity contribution is 7.89. The molecule has 2 aliphatic rings. The van der Waals surface area contributed by atoms with Crippen LogP contribution in [0, 0.1) is 0 Å². The van der Waals surface area contributed by atoms with Gasteiger partial charge in [-0.15, -0.1) is 11.3 Å². The molecule has 5 rings (SSSR count). The normalized spacial score (nSPS) is 22.8. The molecule has 1 aromatic heterocycles. The fraction of sp³-hybridized carbons (Fsp3) is 0.227. The molecule has 1 spiro atoms. The van der Waals surface area contributed by atoms with Crippen LogP contribution < -0.4 is 0 Å². The number of hydrogen-bond donors (Lipinski definition) is 0. The van der Waals surface area contributed by atoms with Crippen molar-refractivity contribution in [2.75, 3.05) is 13.1 Å². The SMILES string of the molecule is O=C(c1cccs1)N1CC[C@]2(C1)c1ccccc1S(=O)(=O)N2Cc1ccccc1. The standard InChI is InChI=1S/C22H20N2O3S2/c25-21(19-10-6-14-28-19)23-13-12-22(16-23)18-9-4-5-11-20(18)29(26,27)24(22)15-17-7-2-1-3-8-17/h1-11,14H,12-13,15-16H2/t22-/m0/s1. The zero-order chi connectivity index (χ0) is 20.1. The van der Waals surface area contributed by atoms with Gasteiger partial charge in [0.1, 0.15) is 0 Å². The molecule has 1 saturated heterocycles. The number of amides is 1. The summed E-state index contributed by atoms with van der Waals surface area (Å²) in [5, 5.41) is 1.89. The molecule has 0 unspecified atom stereocenters. The molecule has 2 aliphatic heterocycles. The van der Waals surface area contributed by atoms with Gasteiger partial charge in [0.2, 0.25) is 10.0 Å². The van der Waals surface area contributed by atoms with Gasteiger partial charge in [-0.05, 0) is 35.1 Å². The number of sulfonamides is 1. The minimum absolute atomic E-state index is 0.0293. The molecule has 148 valence electrons. The van der Waals surface area contributed by atoms with Crippen molar-refractivity contribution in [3.63, 3.8) is 0 Å². The quantitative estimate of drug-likeness (QED) is 0.644. The maximum atomic E-state index is 13.5. The highest BCUT2D eigenvalue weighted by atomic mass is 32.2. The van der Waals surface area contributed by atoms with Crippen molar-refractivity contribution in [3.05, 3.63) is 88.1 Å². The van der Waals surface area contributed by atoms with E-state index in [0.29, 0.717) is 35.8 Å². The van der Waals surface area contributed by atoms with Gasteiger partial charge in [-0.25, -0.2) is 8.42 Å². The number of hydrogen-bond acceptors (Lipinski definition) is 4. The fourth-order valence-electron chi connectivity index (χ4n) is 4.49. The van der Waals surface area contributed by atoms with Crippen LogP contribution in [0.2, 0.25) is 0 Å². The summed E-state index contributed by atoms with van der Waals surface area (Å²) in [5.74, 6) is -0.0293. The Morgan fingerprint density at radius 2 is 1.76 bits per heavy atom. The van der Waals surface area contributed by atoms with E-state index in [0.717, 1.165) is 11.1 Å². The second-order valence-corrected chi connectivity index (χ2v) is 10.3. The van der Waals surface area contributed by atoms with Crippen LogP contribution in [0.4, 0.5) is 0 Å². The summed E-state index contributed by atoms with van der Waals surface area (Å²) in [6, 6.07) is 20.5. The van der Waals surface area contributed by atoms with Crippen molar-refractivity contribution < 1.29 is 13.2 Å². The van der Waals surface area contributed by atoms with Crippen LogP contribution in [-0.2, 0) is 22.1 Å². The summed E-state index contributed by atoms with van der Waals surface area (Å²) in [4.78, 5) is 15.8. The third-order valence-electron chi connectivity index (χ3n) is 5.87. The molecular formula is C22H20N2O3S2. The number of likely N-dealkylation sites (tertiary alicyclic amines) is 1. The van der Waals surface area contributed by atoms with Crippen LogP contribution in [0.25, 0.3) is 0 Å². The second kappa shape index (κ2) is 6.79. The largest absolute Gasteiger partial charge is 0.336 e. The van der Waals surface area contributed by atoms with Gasteiger partial charge in [0.05, 0.1) is 15.3 Å². The van der Waals surface area contributed by atoms with Crippen molar-refractivity contribution in [1.82, 2.24) is 9.21 Å². The number of carbonyl (C=O) groups is 1. The van der Waals surface area contributed by atoms with Gasteiger partial charge in [-0.2, -0.15) is 4.31 Å². The van der Waals surface area contributed by atoms with Gasteiger partial charge < -0.3 is 4.90 Å². The number of carbonyl (C=O) groups excluding carboxylic acids is 1. The molecule has 3 aromatic rings. The number of thiophene rings is 1. The molecule has 0 N–H and O–H groups in total. The Morgan fingerprint density at radius 1 is 1.00 bits per heavy atom. The van der Waals surface area contributed by atoms with Gasteiger partial charge in [0, 0.05) is 19.6 Å². The highest BCUT2D eigenvalue weighted by Crippen LogP contribution is 2.50. The first kappa shape index (κ1) is 18.5. The molecule has 1 amide bonds. The number of fused-ring (bicyclic) bond motifs is 2. The lowest BCUT2D eigenvalue weighted by Crippen LogP contribution is -2.46. The number of nitrogens with zero attached hydrogens (tertiary/aromatic N) is 2. The summed E-state index contributed by atoms with van der Waals surface area (Å²) in [6.07, 6.45) is 0.590. The summed E-state index contributed by atoms with van der Waals surface area (Å²) in [5.41, 5.74) is 1.02. The first-order chi connectivity index (χ1) is 14.0. The van der Waals surface area contributed by atoms with Crippen LogP contribution in [0.1, 0.15) is 27.2 Å². The smallest absolute Gasteiger partial charge is 0.263 e. The van der Waals surface area contributed by atoms with Gasteiger partial charge in [0.15, 0.2) is 0 Å². The maximum absolute atomic E-state index is 13.5. The highest BCUT2D eigenvalue weighted by Gasteiger charge is 2.57. The lowest BCUT2D eigenvalue weighted by molar-refractivity contribution is 0.0767. The Balaban J connectivity index is 1.58. The summed E-state index contributed by atoms with van der Waals surface area (Å²) in [7, 11) is -3.64. The Morgan fingerprint density at radius 3 is 2.52 bits per heavy atom. The van der Waals surface area contributed by atoms with E-state index < -0.39 is 15.6 Å². The zero-order valence-corrected chi connectivity index (χ0v) is 17.3. The molecule has 0 saturated carbocycles. The summed E-state index contributed by atoms with van der Waals surface area (Å²) >= 11 is 1.41. The van der Waals surface area contributed by atoms with E-state index in [-0.39, 0.29) is 5.91 Å². The monoisotopic (exact) mass is 424 g/mol. The topological polar surface area (TPSA) is 57.7 Å². The van der Waals surface area contributed by atoms with E-state index >= 15 is 0 Å². The first-order valence-electron chi connectivity index (χ1n) is 9.51. The van der Waals surface area contributed by atoms with E-state index in [1.54, 1.807) is 21.3 Å². The van der Waals surface area contributed by atoms with Crippen molar-refractivity contribution >= 4 is 27.3 Å². The van der Waals surface area contributed by atoms with Crippen LogP contribution in [-0.4, -0.2) is 36.6 Å². The molecule has 2 aromatic carbocycles. The second-order valence-electron chi connectivity index (χ2n) is 7.48. The Hall–Kier alpha value is -2.48. The van der Waals surface area contributed by atoms with Crippen molar-refractivity contribution in [1.29, 1.82) is 0 Å². The maximum Gasteiger partial charge on any atom is 0.263 e. The summed E-state index contributed by atoms with van der Waals surface area (Å²) in [6.45, 7) is 1.19. The minimum Gasteiger partial charge on any atom is -0.336 e. The Labute approximate surface area is 174 Å². The van der Waals surface area contributed by atoms with Crippen LogP contribution in [0.5, 0.6) is 0 Å². The van der Waals surface area contributed by atoms with Gasteiger partial charge >= 0.3 is 0 Å². The van der Waals surface area contributed by atoms with Crippen LogP contribution in [0.15, 0.2) is 77.0 Å². The third-order valence-corrected chi connectivity index (χ3v) is 8.70. The fourth-order valence-corrected chi connectivity index (χ4v) is 7.23. The molecule has 7 heteroatoms. The zero-order valence-electron chi connectivity index (χ0n) is 15.7. The lowest BCUT2D eigenvalue weighted by Gasteiger charge is -2.34. The summed E-state index contributed by atoms with van der Waals surface area (Å²) < 4.78 is 28.6. The number of rotatable bonds is 3. The van der Waals surface area contributed by atoms with E-state index in [9.17, 15) is 13.2 Å². The van der Waals surface area contributed by atoms with E-state index in [4.69, 9.17) is 0 Å². The molecule has 1 atom stereocenters. The molecule has 0 aliphatic carbocycles. The van der Waals surface area contributed by atoms with Crippen molar-refractivity contribution in [2.45, 2.75) is 23.4 Å². The average molecular weight is 425 g/mol. The molecule has 0 radical (unpaired) electrons. The number of benzene rings is 2. The average Bonchev–Trinajstić information content (AvgIpc) is 3.46. The van der Waals surface area contributed by atoms with Crippen molar-refractivity contribution in [2.24, 2.45) is 0 Å². The van der Waals surface area contributed by atoms with Gasteiger partial charge in [-0.3, -0.25) is 4.79 Å². The Kier molecular flexibility index (Phi) is 4.34. The minimum atomic E-state index is -3.64. The van der Waals surface area contributed by atoms with E-state index in [1.165, 1.54) is 11.3 Å². The lowest BCUT2D eigenvalue weighted by atomic mass is 9.88. The van der Waals surface area contributed by atoms with Gasteiger partial charge in [-0.1, -0.05) is 54.6 Å². The van der Waals surface area contributed by atoms with E-state index in [2.05, 4.69) is 0 Å². The Bertz CT molecular complexity index is 1160. The van der Waals surface area contributed by atoms with Crippen LogP contribution >= 0.6 is 11.3 Å². The van der Waals surface area contributed by atoms with Gasteiger partial charge in [0.25, 0.3) is 5.91 Å². The predicted octanol–water partition coefficient (Wildman–Crippen LogP) is 3.69. The molecule has 3 heterocycles. The van der Waals surface area contributed by atoms with E-state index in [1.807, 2.05) is 60.0 Å². The molecule has 5 nitrogen and oxygen atoms in total. The van der Waals surface area contributed by atoms with Crippen LogP contribution in [0.3, 0.4) is 0 Å². The molecular weight excluding hydrogens is 404 g/mol. The molecule has 1 fully saturated rings. The third kappa shape index (κ3) is 2.84. The van der Waals surface area contributed by atoms with Crippen molar-refractivity contribution in [3.8, 4) is 0 Å². The first-order valence-corrected chi connectivity index (χ1v) is 11.8. The predicted molar refractivity (Wildman–Crippen MR) is 112 cm³/mol. The molecule has 0 bridgehead atoms.